The fourth-order valence-corrected chi connectivity index (χ4v) is 2.73. The maximum Gasteiger partial charge on any atom is 0.385 e. The number of hydrogen-bond donors (Lipinski definition) is 1. The van der Waals surface area contributed by atoms with E-state index < -0.39 is 7.60 Å². The minimum Gasteiger partial charge on any atom is -0.319 e. The Balaban J connectivity index is 2.15. The normalized spacial score (nSPS) is 13.8. The van der Waals surface area contributed by atoms with Crippen molar-refractivity contribution in [1.82, 2.24) is 0 Å². The first kappa shape index (κ1) is 15.9. The van der Waals surface area contributed by atoms with Crippen LogP contribution in [0.3, 0.4) is 0 Å². The molecule has 0 saturated heterocycles. The Hall–Kier alpha value is -1.45. The van der Waals surface area contributed by atoms with Crippen LogP contribution in [0, 0.1) is 0 Å². The van der Waals surface area contributed by atoms with Gasteiger partial charge in [0.05, 0.1) is 11.9 Å². The topological polar surface area (TPSA) is 55.8 Å². The van der Waals surface area contributed by atoms with Crippen LogP contribution < -0.4 is 5.30 Å². The molecule has 0 aromatic heterocycles. The third kappa shape index (κ3) is 4.51. The second-order valence-corrected chi connectivity index (χ2v) is 6.39. The molecule has 0 saturated carbocycles. The molecule has 2 aromatic carbocycles. The van der Waals surface area contributed by atoms with Crippen molar-refractivity contribution in [3.63, 3.8) is 0 Å². The molecule has 21 heavy (non-hydrogen) atoms. The van der Waals surface area contributed by atoms with Crippen molar-refractivity contribution in [2.45, 2.75) is 19.8 Å². The Morgan fingerprint density at radius 2 is 1.76 bits per heavy atom. The van der Waals surface area contributed by atoms with Crippen molar-refractivity contribution >= 4 is 12.9 Å². The van der Waals surface area contributed by atoms with Crippen LogP contribution in [0.5, 0.6) is 0 Å². The van der Waals surface area contributed by atoms with Gasteiger partial charge in [0.15, 0.2) is 0 Å². The average molecular weight is 306 g/mol. The van der Waals surface area contributed by atoms with Crippen LogP contribution in [0.15, 0.2) is 54.6 Å². The molecule has 5 heteroatoms. The van der Waals surface area contributed by atoms with Gasteiger partial charge in [-0.05, 0) is 29.7 Å². The Bertz CT molecular complexity index is 613. The van der Waals surface area contributed by atoms with Gasteiger partial charge < -0.3 is 4.89 Å². The maximum atomic E-state index is 12.2. The Morgan fingerprint density at radius 3 is 2.48 bits per heavy atom. The molecule has 0 aliphatic rings. The van der Waals surface area contributed by atoms with Gasteiger partial charge in [0.25, 0.3) is 0 Å². The second-order valence-electron chi connectivity index (χ2n) is 4.69. The number of hydrogen-bond acceptors (Lipinski definition) is 3. The van der Waals surface area contributed by atoms with E-state index in [2.05, 4.69) is 0 Å². The highest BCUT2D eigenvalue weighted by atomic mass is 31.2. The van der Waals surface area contributed by atoms with E-state index in [0.717, 1.165) is 24.0 Å². The number of unbranched alkanes of at least 4 members (excludes halogenated alkanes) is 1. The van der Waals surface area contributed by atoms with E-state index in [-0.39, 0.29) is 5.30 Å². The minimum atomic E-state index is -3.95. The molecule has 1 unspecified atom stereocenters. The first-order valence-electron chi connectivity index (χ1n) is 6.93. The monoisotopic (exact) mass is 306 g/mol. The van der Waals surface area contributed by atoms with Crippen LogP contribution in [0.25, 0.3) is 11.1 Å². The molecule has 0 aliphatic carbocycles. The van der Waals surface area contributed by atoms with E-state index in [0.29, 0.717) is 6.61 Å². The number of rotatable bonds is 7. The van der Waals surface area contributed by atoms with E-state index in [9.17, 15) is 9.46 Å². The molecule has 4 nitrogen and oxygen atoms in total. The van der Waals surface area contributed by atoms with E-state index >= 15 is 0 Å². The van der Waals surface area contributed by atoms with Gasteiger partial charge in [0, 0.05) is 0 Å². The lowest BCUT2D eigenvalue weighted by Gasteiger charge is -2.12. The van der Waals surface area contributed by atoms with Crippen LogP contribution in [-0.2, 0) is 14.1 Å². The highest BCUT2D eigenvalue weighted by molar-refractivity contribution is 7.61. The molecule has 0 heterocycles. The minimum absolute atomic E-state index is 0.223. The quantitative estimate of drug-likeness (QED) is 0.365. The molecular formula is C16H19O4P. The lowest BCUT2D eigenvalue weighted by Crippen LogP contribution is -2.08. The predicted octanol–water partition coefficient (Wildman–Crippen LogP) is 3.91. The molecule has 0 spiro atoms. The van der Waals surface area contributed by atoms with E-state index in [1.165, 1.54) is 0 Å². The van der Waals surface area contributed by atoms with Crippen molar-refractivity contribution in [3.8, 4) is 11.1 Å². The van der Waals surface area contributed by atoms with Gasteiger partial charge in [0.1, 0.15) is 0 Å². The first-order valence-corrected chi connectivity index (χ1v) is 8.51. The van der Waals surface area contributed by atoms with Crippen LogP contribution >= 0.6 is 7.60 Å². The standard InChI is InChI=1S/C16H19O4P/c1-2-3-12-19-20-21(17,18)16-11-7-10-15(13-16)14-8-5-4-6-9-14/h4-11,13H,2-3,12H2,1H3,(H,17,18). The predicted molar refractivity (Wildman–Crippen MR) is 83.3 cm³/mol. The summed E-state index contributed by atoms with van der Waals surface area (Å²) >= 11 is 0. The summed E-state index contributed by atoms with van der Waals surface area (Å²) in [4.78, 5) is 14.8. The zero-order valence-corrected chi connectivity index (χ0v) is 12.8. The third-order valence-corrected chi connectivity index (χ3v) is 4.25. The molecule has 0 fully saturated rings. The molecule has 1 atom stereocenters. The molecular weight excluding hydrogens is 287 g/mol. The van der Waals surface area contributed by atoms with Gasteiger partial charge in [-0.25, -0.2) is 4.89 Å². The molecule has 112 valence electrons. The summed E-state index contributed by atoms with van der Waals surface area (Å²) in [7, 11) is -3.95. The van der Waals surface area contributed by atoms with Crippen molar-refractivity contribution in [1.29, 1.82) is 0 Å². The summed E-state index contributed by atoms with van der Waals surface area (Å²) < 4.78 is 16.9. The summed E-state index contributed by atoms with van der Waals surface area (Å²) in [5.74, 6) is 0. The molecule has 2 aromatic rings. The lowest BCUT2D eigenvalue weighted by molar-refractivity contribution is -0.211. The summed E-state index contributed by atoms with van der Waals surface area (Å²) in [5.41, 5.74) is 1.84. The maximum absolute atomic E-state index is 12.2. The summed E-state index contributed by atoms with van der Waals surface area (Å²) in [6, 6.07) is 16.5. The van der Waals surface area contributed by atoms with E-state index in [1.807, 2.05) is 43.3 Å². The summed E-state index contributed by atoms with van der Waals surface area (Å²) in [6.45, 7) is 2.31. The molecule has 1 N–H and O–H groups in total. The lowest BCUT2D eigenvalue weighted by atomic mass is 10.1. The largest absolute Gasteiger partial charge is 0.385 e. The van der Waals surface area contributed by atoms with E-state index in [4.69, 9.17) is 9.56 Å². The molecule has 0 radical (unpaired) electrons. The van der Waals surface area contributed by atoms with Gasteiger partial charge in [0.2, 0.25) is 0 Å². The average Bonchev–Trinajstić information content (AvgIpc) is 2.53. The van der Waals surface area contributed by atoms with Crippen LogP contribution in [0.4, 0.5) is 0 Å². The molecule has 2 rings (SSSR count). The Morgan fingerprint density at radius 1 is 1.05 bits per heavy atom. The summed E-state index contributed by atoms with van der Waals surface area (Å²) in [5, 5.41) is 0.223. The van der Waals surface area contributed by atoms with Crippen molar-refractivity contribution < 1.29 is 19.0 Å². The van der Waals surface area contributed by atoms with Crippen LogP contribution in [-0.4, -0.2) is 11.5 Å². The molecule has 0 bridgehead atoms. The van der Waals surface area contributed by atoms with Gasteiger partial charge in [-0.2, -0.15) is 0 Å². The van der Waals surface area contributed by atoms with Crippen molar-refractivity contribution in [2.24, 2.45) is 0 Å². The van der Waals surface area contributed by atoms with Crippen LogP contribution in [0.2, 0.25) is 0 Å². The Labute approximate surface area is 124 Å². The summed E-state index contributed by atoms with van der Waals surface area (Å²) in [6.07, 6.45) is 1.71. The Kier molecular flexibility index (Phi) is 5.71. The SMILES string of the molecule is CCCCOOP(=O)(O)c1cccc(-c2ccccc2)c1. The van der Waals surface area contributed by atoms with Gasteiger partial charge in [-0.15, -0.1) is 4.67 Å². The van der Waals surface area contributed by atoms with Crippen molar-refractivity contribution in [2.75, 3.05) is 6.61 Å². The highest BCUT2D eigenvalue weighted by Crippen LogP contribution is 2.41. The van der Waals surface area contributed by atoms with Crippen molar-refractivity contribution in [3.05, 3.63) is 54.6 Å². The fraction of sp³-hybridized carbons (Fsp3) is 0.250. The molecule has 0 aliphatic heterocycles. The van der Waals surface area contributed by atoms with Gasteiger partial charge >= 0.3 is 7.60 Å². The third-order valence-electron chi connectivity index (χ3n) is 3.01. The smallest absolute Gasteiger partial charge is 0.319 e. The zero-order chi connectivity index (χ0) is 15.1. The number of benzene rings is 2. The fourth-order valence-electron chi connectivity index (χ4n) is 1.85. The highest BCUT2D eigenvalue weighted by Gasteiger charge is 2.24. The first-order chi connectivity index (χ1) is 10.1. The van der Waals surface area contributed by atoms with E-state index in [1.54, 1.807) is 18.2 Å². The second kappa shape index (κ2) is 7.53. The van der Waals surface area contributed by atoms with Gasteiger partial charge in [-0.3, -0.25) is 4.57 Å². The molecule has 0 amide bonds. The zero-order valence-electron chi connectivity index (χ0n) is 11.9. The van der Waals surface area contributed by atoms with Crippen LogP contribution in [0.1, 0.15) is 19.8 Å². The van der Waals surface area contributed by atoms with Gasteiger partial charge in [-0.1, -0.05) is 55.8 Å².